The number of rotatable bonds is 3. The van der Waals surface area contributed by atoms with E-state index in [-0.39, 0.29) is 5.91 Å². The maximum absolute atomic E-state index is 13.1. The highest BCUT2D eigenvalue weighted by Crippen LogP contribution is 2.30. The van der Waals surface area contributed by atoms with Crippen LogP contribution >= 0.6 is 11.3 Å². The number of fused-ring (bicyclic) bond motifs is 1. The summed E-state index contributed by atoms with van der Waals surface area (Å²) >= 11 is 1.37. The summed E-state index contributed by atoms with van der Waals surface area (Å²) in [6.45, 7) is 5.19. The Labute approximate surface area is 149 Å². The van der Waals surface area contributed by atoms with E-state index in [0.29, 0.717) is 35.2 Å². The molecule has 0 atom stereocenters. The van der Waals surface area contributed by atoms with Crippen molar-refractivity contribution in [2.75, 3.05) is 0 Å². The molecule has 0 unspecified atom stereocenters. The van der Waals surface area contributed by atoms with Crippen LogP contribution < -0.4 is 0 Å². The molecule has 0 aromatic carbocycles. The molecule has 4 heterocycles. The van der Waals surface area contributed by atoms with Crippen molar-refractivity contribution in [3.8, 4) is 10.8 Å². The summed E-state index contributed by atoms with van der Waals surface area (Å²) < 4.78 is 0. The van der Waals surface area contributed by atoms with Gasteiger partial charge in [0.25, 0.3) is 5.91 Å². The van der Waals surface area contributed by atoms with Gasteiger partial charge in [-0.05, 0) is 36.6 Å². The van der Waals surface area contributed by atoms with Crippen molar-refractivity contribution >= 4 is 17.2 Å². The number of hydrogen-bond donors (Lipinski definition) is 0. The Morgan fingerprint density at radius 3 is 2.72 bits per heavy atom. The molecule has 0 N–H and O–H groups in total. The number of aromatic nitrogens is 4. The van der Waals surface area contributed by atoms with Gasteiger partial charge < -0.3 is 4.90 Å². The lowest BCUT2D eigenvalue weighted by Gasteiger charge is -2.14. The van der Waals surface area contributed by atoms with Crippen LogP contribution in [-0.4, -0.2) is 30.7 Å². The molecule has 0 bridgehead atoms. The lowest BCUT2D eigenvalue weighted by atomic mass is 10.2. The van der Waals surface area contributed by atoms with Crippen molar-refractivity contribution in [2.24, 2.45) is 0 Å². The van der Waals surface area contributed by atoms with Crippen LogP contribution in [0.1, 0.15) is 39.1 Å². The van der Waals surface area contributed by atoms with E-state index in [1.807, 2.05) is 24.9 Å². The van der Waals surface area contributed by atoms with Crippen LogP contribution in [0.15, 0.2) is 30.7 Å². The molecule has 25 heavy (non-hydrogen) atoms. The van der Waals surface area contributed by atoms with Crippen LogP contribution in [0.3, 0.4) is 0 Å². The van der Waals surface area contributed by atoms with Gasteiger partial charge in [0.2, 0.25) is 0 Å². The standard InChI is InChI=1S/C18H17N5OS/c1-3-14-15(25-17(22-14)16-19-5-4-6-20-16)18(24)23-9-12-7-11(2)21-8-13(12)10-23/h4-8H,3,9-10H2,1-2H3. The van der Waals surface area contributed by atoms with Gasteiger partial charge >= 0.3 is 0 Å². The first-order valence-electron chi connectivity index (χ1n) is 8.16. The Kier molecular flexibility index (Phi) is 4.01. The van der Waals surface area contributed by atoms with E-state index in [2.05, 4.69) is 26.0 Å². The molecule has 1 aliphatic rings. The van der Waals surface area contributed by atoms with Crippen LogP contribution in [-0.2, 0) is 19.5 Å². The fourth-order valence-electron chi connectivity index (χ4n) is 2.95. The molecule has 0 spiro atoms. The smallest absolute Gasteiger partial charge is 0.266 e. The highest BCUT2D eigenvalue weighted by atomic mass is 32.1. The Morgan fingerprint density at radius 2 is 1.96 bits per heavy atom. The maximum atomic E-state index is 13.1. The van der Waals surface area contributed by atoms with Gasteiger partial charge in [-0.25, -0.2) is 15.0 Å². The van der Waals surface area contributed by atoms with Crippen LogP contribution in [0, 0.1) is 6.92 Å². The number of thiazole rings is 1. The molecule has 3 aromatic heterocycles. The van der Waals surface area contributed by atoms with E-state index in [4.69, 9.17) is 0 Å². The Morgan fingerprint density at radius 1 is 1.20 bits per heavy atom. The first-order valence-corrected chi connectivity index (χ1v) is 8.98. The zero-order valence-corrected chi connectivity index (χ0v) is 14.9. The lowest BCUT2D eigenvalue weighted by molar-refractivity contribution is 0.0755. The lowest BCUT2D eigenvalue weighted by Crippen LogP contribution is -2.25. The molecule has 0 saturated heterocycles. The van der Waals surface area contributed by atoms with Gasteiger partial charge in [-0.2, -0.15) is 0 Å². The molecule has 0 saturated carbocycles. The largest absolute Gasteiger partial charge is 0.329 e. The monoisotopic (exact) mass is 351 g/mol. The maximum Gasteiger partial charge on any atom is 0.266 e. The Hall–Kier alpha value is -2.67. The highest BCUT2D eigenvalue weighted by molar-refractivity contribution is 7.17. The van der Waals surface area contributed by atoms with Crippen LogP contribution in [0.2, 0.25) is 0 Å². The number of carbonyl (C=O) groups excluding carboxylic acids is 1. The van der Waals surface area contributed by atoms with E-state index in [9.17, 15) is 4.79 Å². The quantitative estimate of drug-likeness (QED) is 0.725. The number of aryl methyl sites for hydroxylation is 2. The molecular formula is C18H17N5OS. The number of carbonyl (C=O) groups is 1. The molecule has 1 amide bonds. The van der Waals surface area contributed by atoms with Gasteiger partial charge in [-0.3, -0.25) is 9.78 Å². The van der Waals surface area contributed by atoms with Gasteiger partial charge in [-0.1, -0.05) is 6.92 Å². The topological polar surface area (TPSA) is 71.9 Å². The number of hydrogen-bond acceptors (Lipinski definition) is 6. The Balaban J connectivity index is 1.64. The number of pyridine rings is 1. The van der Waals surface area contributed by atoms with E-state index in [1.165, 1.54) is 16.9 Å². The van der Waals surface area contributed by atoms with Crippen LogP contribution in [0.5, 0.6) is 0 Å². The van der Waals surface area contributed by atoms with Gasteiger partial charge in [-0.15, -0.1) is 11.3 Å². The first kappa shape index (κ1) is 15.8. The van der Waals surface area contributed by atoms with E-state index in [0.717, 1.165) is 17.0 Å². The second-order valence-electron chi connectivity index (χ2n) is 5.98. The van der Waals surface area contributed by atoms with E-state index in [1.54, 1.807) is 18.5 Å². The summed E-state index contributed by atoms with van der Waals surface area (Å²) in [5.74, 6) is 0.580. The molecule has 7 heteroatoms. The van der Waals surface area contributed by atoms with Crippen LogP contribution in [0.25, 0.3) is 10.8 Å². The SMILES string of the molecule is CCc1nc(-c2ncccn2)sc1C(=O)N1Cc2cnc(C)cc2C1. The number of amides is 1. The second kappa shape index (κ2) is 6.33. The predicted molar refractivity (Wildman–Crippen MR) is 95.1 cm³/mol. The van der Waals surface area contributed by atoms with Crippen molar-refractivity contribution in [1.82, 2.24) is 24.8 Å². The van der Waals surface area contributed by atoms with Crippen LogP contribution in [0.4, 0.5) is 0 Å². The minimum absolute atomic E-state index is 0.0189. The summed E-state index contributed by atoms with van der Waals surface area (Å²) in [7, 11) is 0. The fourth-order valence-corrected chi connectivity index (χ4v) is 4.02. The molecule has 0 aliphatic carbocycles. The predicted octanol–water partition coefficient (Wildman–Crippen LogP) is 3.02. The van der Waals surface area contributed by atoms with Crippen molar-refractivity contribution in [3.05, 3.63) is 58.1 Å². The average molecular weight is 351 g/mol. The van der Waals surface area contributed by atoms with Crippen molar-refractivity contribution in [2.45, 2.75) is 33.4 Å². The third kappa shape index (κ3) is 2.91. The van der Waals surface area contributed by atoms with Crippen molar-refractivity contribution < 1.29 is 4.79 Å². The average Bonchev–Trinajstić information content (AvgIpc) is 3.25. The molecule has 0 radical (unpaired) electrons. The summed E-state index contributed by atoms with van der Waals surface area (Å²) in [5, 5.41) is 0.690. The van der Waals surface area contributed by atoms with Gasteiger partial charge in [0.05, 0.1) is 5.69 Å². The summed E-state index contributed by atoms with van der Waals surface area (Å²) in [4.78, 5) is 33.0. The van der Waals surface area contributed by atoms with E-state index < -0.39 is 0 Å². The van der Waals surface area contributed by atoms with Crippen molar-refractivity contribution in [1.29, 1.82) is 0 Å². The fraction of sp³-hybridized carbons (Fsp3) is 0.278. The summed E-state index contributed by atoms with van der Waals surface area (Å²) in [6.07, 6.45) is 5.94. The molecule has 6 nitrogen and oxygen atoms in total. The third-order valence-electron chi connectivity index (χ3n) is 4.21. The van der Waals surface area contributed by atoms with Crippen molar-refractivity contribution in [3.63, 3.8) is 0 Å². The molecule has 3 aromatic rings. The third-order valence-corrected chi connectivity index (χ3v) is 5.29. The molecule has 1 aliphatic heterocycles. The highest BCUT2D eigenvalue weighted by Gasteiger charge is 2.28. The Bertz CT molecular complexity index is 938. The zero-order valence-electron chi connectivity index (χ0n) is 14.1. The number of nitrogens with zero attached hydrogens (tertiary/aromatic N) is 5. The molecule has 126 valence electrons. The zero-order chi connectivity index (χ0) is 17.4. The van der Waals surface area contributed by atoms with E-state index >= 15 is 0 Å². The minimum atomic E-state index is 0.0189. The van der Waals surface area contributed by atoms with Gasteiger partial charge in [0, 0.05) is 37.4 Å². The molecule has 0 fully saturated rings. The molecule has 4 rings (SSSR count). The summed E-state index contributed by atoms with van der Waals surface area (Å²) in [6, 6.07) is 3.82. The molecular weight excluding hydrogens is 334 g/mol. The second-order valence-corrected chi connectivity index (χ2v) is 6.98. The van der Waals surface area contributed by atoms with Gasteiger partial charge in [0.1, 0.15) is 4.88 Å². The summed E-state index contributed by atoms with van der Waals surface area (Å²) in [5.41, 5.74) is 4.08. The first-order chi connectivity index (χ1) is 12.2. The minimum Gasteiger partial charge on any atom is -0.329 e. The van der Waals surface area contributed by atoms with Gasteiger partial charge in [0.15, 0.2) is 10.8 Å². The normalized spacial score (nSPS) is 13.1.